The lowest BCUT2D eigenvalue weighted by molar-refractivity contribution is 1.17. The van der Waals surface area contributed by atoms with Gasteiger partial charge < -0.3 is 5.32 Å². The molecule has 3 nitrogen and oxygen atoms in total. The van der Waals surface area contributed by atoms with Crippen LogP contribution in [0.5, 0.6) is 0 Å². The molecule has 4 aromatic rings. The summed E-state index contributed by atoms with van der Waals surface area (Å²) < 4.78 is 1.71. The number of para-hydroxylation sites is 1. The molecule has 120 valence electrons. The first-order valence-electron chi connectivity index (χ1n) is 7.18. The summed E-state index contributed by atoms with van der Waals surface area (Å²) in [5.41, 5.74) is 2.90. The lowest BCUT2D eigenvalue weighted by Gasteiger charge is -2.07. The average molecular weight is 392 g/mol. The summed E-state index contributed by atoms with van der Waals surface area (Å²) in [6, 6.07) is 14.0. The Kier molecular flexibility index (Phi) is 4.41. The maximum Gasteiger partial charge on any atom is 0.183 e. The number of rotatable bonds is 4. The zero-order chi connectivity index (χ0) is 16.5. The minimum absolute atomic E-state index is 0.552. The first-order valence-corrected chi connectivity index (χ1v) is 9.57. The molecule has 0 aliphatic heterocycles. The van der Waals surface area contributed by atoms with Crippen LogP contribution in [0.1, 0.15) is 4.88 Å². The molecule has 4 rings (SSSR count). The summed E-state index contributed by atoms with van der Waals surface area (Å²) in [4.78, 5) is 9.77. The molecule has 2 aromatic heterocycles. The van der Waals surface area contributed by atoms with Gasteiger partial charge in [0.15, 0.2) is 4.47 Å². The number of halogens is 2. The Morgan fingerprint density at radius 3 is 2.67 bits per heavy atom. The average Bonchev–Trinajstić information content (AvgIpc) is 3.18. The number of aromatic nitrogens is 2. The molecular formula is C17H11Cl2N3S2. The maximum atomic E-state index is 6.47. The van der Waals surface area contributed by atoms with Crippen LogP contribution in [0.3, 0.4) is 0 Å². The number of hydrogen-bond donors (Lipinski definition) is 1. The van der Waals surface area contributed by atoms with Gasteiger partial charge in [-0.05, 0) is 30.3 Å². The van der Waals surface area contributed by atoms with Crippen molar-refractivity contribution in [1.29, 1.82) is 0 Å². The van der Waals surface area contributed by atoms with Crippen LogP contribution in [0.15, 0.2) is 48.7 Å². The molecule has 1 N–H and O–H groups in total. The van der Waals surface area contributed by atoms with Gasteiger partial charge >= 0.3 is 0 Å². The van der Waals surface area contributed by atoms with E-state index in [1.54, 1.807) is 17.5 Å². The fourth-order valence-electron chi connectivity index (χ4n) is 2.34. The molecule has 0 amide bonds. The molecule has 0 unspecified atom stereocenters. The number of nitrogens with one attached hydrogen (secondary N) is 1. The van der Waals surface area contributed by atoms with Crippen LogP contribution >= 0.6 is 45.9 Å². The predicted octanol–water partition coefficient (Wildman–Crippen LogP) is 6.34. The Morgan fingerprint density at radius 1 is 1.04 bits per heavy atom. The molecule has 2 heterocycles. The smallest absolute Gasteiger partial charge is 0.183 e. The lowest BCUT2D eigenvalue weighted by Crippen LogP contribution is -1.97. The zero-order valence-electron chi connectivity index (χ0n) is 12.3. The third kappa shape index (κ3) is 3.26. The largest absolute Gasteiger partial charge is 0.380 e. The molecule has 0 aliphatic carbocycles. The molecule has 0 bridgehead atoms. The monoisotopic (exact) mass is 391 g/mol. The number of anilines is 1. The second-order valence-corrected chi connectivity index (χ2v) is 8.25. The van der Waals surface area contributed by atoms with Gasteiger partial charge in [0, 0.05) is 22.3 Å². The number of benzene rings is 2. The highest BCUT2D eigenvalue weighted by Gasteiger charge is 2.10. The molecule has 2 aromatic carbocycles. The van der Waals surface area contributed by atoms with E-state index >= 15 is 0 Å². The van der Waals surface area contributed by atoms with Crippen molar-refractivity contribution in [1.82, 2.24) is 9.97 Å². The third-order valence-corrected chi connectivity index (χ3v) is 5.98. The fourth-order valence-corrected chi connectivity index (χ4v) is 4.59. The molecule has 24 heavy (non-hydrogen) atoms. The highest BCUT2D eigenvalue weighted by Crippen LogP contribution is 2.35. The Hall–Kier alpha value is -1.66. The quantitative estimate of drug-likeness (QED) is 0.440. The van der Waals surface area contributed by atoms with Crippen molar-refractivity contribution < 1.29 is 0 Å². The van der Waals surface area contributed by atoms with Crippen LogP contribution in [0, 0.1) is 0 Å². The first kappa shape index (κ1) is 15.8. The van der Waals surface area contributed by atoms with E-state index in [0.29, 0.717) is 16.0 Å². The van der Waals surface area contributed by atoms with E-state index < -0.39 is 0 Å². The summed E-state index contributed by atoms with van der Waals surface area (Å²) in [6.45, 7) is 0.668. The maximum absolute atomic E-state index is 6.47. The summed E-state index contributed by atoms with van der Waals surface area (Å²) >= 11 is 15.4. The topological polar surface area (TPSA) is 37.8 Å². The van der Waals surface area contributed by atoms with Crippen LogP contribution in [0.25, 0.3) is 20.8 Å². The molecule has 0 aliphatic rings. The standard InChI is InChI=1S/C17H11Cl2N3S2/c18-13-7-10(20-8-11-9-21-17(19)23-11)5-6-12(13)16-22-14-3-1-2-4-15(14)24-16/h1-7,9,20H,8H2. The molecule has 0 fully saturated rings. The summed E-state index contributed by atoms with van der Waals surface area (Å²) in [7, 11) is 0. The molecule has 0 saturated heterocycles. The minimum Gasteiger partial charge on any atom is -0.380 e. The first-order chi connectivity index (χ1) is 11.7. The highest BCUT2D eigenvalue weighted by atomic mass is 35.5. The van der Waals surface area contributed by atoms with Gasteiger partial charge in [0.1, 0.15) is 5.01 Å². The Morgan fingerprint density at radius 2 is 1.92 bits per heavy atom. The lowest BCUT2D eigenvalue weighted by atomic mass is 10.2. The summed E-state index contributed by atoms with van der Waals surface area (Å²) in [5.74, 6) is 0. The molecule has 0 atom stereocenters. The van der Waals surface area contributed by atoms with Crippen LogP contribution in [0.4, 0.5) is 5.69 Å². The summed E-state index contributed by atoms with van der Waals surface area (Å²) in [6.07, 6.45) is 1.77. The van der Waals surface area contributed by atoms with Crippen LogP contribution in [-0.4, -0.2) is 9.97 Å². The van der Waals surface area contributed by atoms with Crippen LogP contribution < -0.4 is 5.32 Å². The van der Waals surface area contributed by atoms with Crippen LogP contribution in [0.2, 0.25) is 9.49 Å². The highest BCUT2D eigenvalue weighted by molar-refractivity contribution is 7.21. The number of nitrogens with zero attached hydrogens (tertiary/aromatic N) is 2. The molecule has 0 radical (unpaired) electrons. The van der Waals surface area contributed by atoms with Gasteiger partial charge in [-0.3, -0.25) is 0 Å². The van der Waals surface area contributed by atoms with E-state index in [2.05, 4.69) is 21.4 Å². The van der Waals surface area contributed by atoms with Gasteiger partial charge in [0.05, 0.1) is 21.8 Å². The Bertz CT molecular complexity index is 977. The van der Waals surface area contributed by atoms with Crippen LogP contribution in [-0.2, 0) is 6.54 Å². The van der Waals surface area contributed by atoms with Gasteiger partial charge in [0.2, 0.25) is 0 Å². The second kappa shape index (κ2) is 6.69. The molecule has 0 spiro atoms. The van der Waals surface area contributed by atoms with Crippen molar-refractivity contribution in [2.24, 2.45) is 0 Å². The van der Waals surface area contributed by atoms with Crippen molar-refractivity contribution >= 4 is 61.8 Å². The van der Waals surface area contributed by atoms with Gasteiger partial charge in [-0.25, -0.2) is 9.97 Å². The van der Waals surface area contributed by atoms with E-state index in [1.165, 1.54) is 11.3 Å². The molecular weight excluding hydrogens is 381 g/mol. The van der Waals surface area contributed by atoms with Gasteiger partial charge in [-0.2, -0.15) is 0 Å². The predicted molar refractivity (Wildman–Crippen MR) is 105 cm³/mol. The Balaban J connectivity index is 1.57. The van der Waals surface area contributed by atoms with Crippen molar-refractivity contribution in [3.8, 4) is 10.6 Å². The third-order valence-electron chi connectivity index (χ3n) is 3.49. The second-order valence-electron chi connectivity index (χ2n) is 5.11. The van der Waals surface area contributed by atoms with Crippen molar-refractivity contribution in [3.63, 3.8) is 0 Å². The Labute approximate surface area is 156 Å². The fraction of sp³-hybridized carbons (Fsp3) is 0.0588. The van der Waals surface area contributed by atoms with Crippen molar-refractivity contribution in [2.45, 2.75) is 6.54 Å². The van der Waals surface area contributed by atoms with E-state index in [1.807, 2.05) is 36.4 Å². The normalized spacial score (nSPS) is 11.1. The van der Waals surface area contributed by atoms with Gasteiger partial charge in [-0.1, -0.05) is 35.3 Å². The van der Waals surface area contributed by atoms with Crippen molar-refractivity contribution in [3.05, 3.63) is 63.0 Å². The SMILES string of the molecule is Clc1ncc(CNc2ccc(-c3nc4ccccc4s3)c(Cl)c2)s1. The number of fused-ring (bicyclic) bond motifs is 1. The van der Waals surface area contributed by atoms with Gasteiger partial charge in [0.25, 0.3) is 0 Å². The van der Waals surface area contributed by atoms with Crippen molar-refractivity contribution in [2.75, 3.05) is 5.32 Å². The van der Waals surface area contributed by atoms with E-state index in [-0.39, 0.29) is 0 Å². The minimum atomic E-state index is 0.552. The van der Waals surface area contributed by atoms with E-state index in [9.17, 15) is 0 Å². The van der Waals surface area contributed by atoms with E-state index in [4.69, 9.17) is 23.2 Å². The van der Waals surface area contributed by atoms with E-state index in [0.717, 1.165) is 31.4 Å². The molecule has 0 saturated carbocycles. The molecule has 7 heteroatoms. The summed E-state index contributed by atoms with van der Waals surface area (Å²) in [5, 5.41) is 4.94. The van der Waals surface area contributed by atoms with Gasteiger partial charge in [-0.15, -0.1) is 22.7 Å². The number of hydrogen-bond acceptors (Lipinski definition) is 5. The zero-order valence-corrected chi connectivity index (χ0v) is 15.4. The number of thiazole rings is 2.